The Labute approximate surface area is 101 Å². The Morgan fingerprint density at radius 3 is 2.82 bits per heavy atom. The van der Waals surface area contributed by atoms with E-state index in [2.05, 4.69) is 0 Å². The largest absolute Gasteiger partial charge is 0.482 e. The van der Waals surface area contributed by atoms with E-state index in [4.69, 9.17) is 15.2 Å². The highest BCUT2D eigenvalue weighted by molar-refractivity contribution is 5.71. The maximum absolute atomic E-state index is 11.3. The Morgan fingerprint density at radius 1 is 1.41 bits per heavy atom. The second kappa shape index (κ2) is 6.75. The molecule has 94 valence electrons. The first-order chi connectivity index (χ1) is 8.08. The highest BCUT2D eigenvalue weighted by atomic mass is 16.6. The number of esters is 1. The number of hydrogen-bond donors (Lipinski definition) is 1. The van der Waals surface area contributed by atoms with E-state index in [-0.39, 0.29) is 12.6 Å². The highest BCUT2D eigenvalue weighted by Gasteiger charge is 2.04. The van der Waals surface area contributed by atoms with Gasteiger partial charge in [-0.1, -0.05) is 6.07 Å². The Balaban J connectivity index is 2.24. The predicted octanol–water partition coefficient (Wildman–Crippen LogP) is 0.752. The van der Waals surface area contributed by atoms with Crippen LogP contribution in [0.1, 0.15) is 0 Å². The van der Waals surface area contributed by atoms with Crippen LogP contribution in [0.4, 0.5) is 5.69 Å². The first-order valence-electron chi connectivity index (χ1n) is 5.36. The third-order valence-electron chi connectivity index (χ3n) is 2.02. The van der Waals surface area contributed by atoms with Crippen molar-refractivity contribution in [1.82, 2.24) is 4.90 Å². The molecule has 0 radical (unpaired) electrons. The van der Waals surface area contributed by atoms with Gasteiger partial charge >= 0.3 is 5.97 Å². The third kappa shape index (κ3) is 5.77. The van der Waals surface area contributed by atoms with Crippen molar-refractivity contribution in [3.63, 3.8) is 0 Å². The molecule has 0 saturated heterocycles. The van der Waals surface area contributed by atoms with Crippen molar-refractivity contribution < 1.29 is 14.3 Å². The number of nitrogens with two attached hydrogens (primary N) is 1. The number of nitrogen functional groups attached to an aromatic ring is 1. The van der Waals surface area contributed by atoms with Gasteiger partial charge in [0.05, 0.1) is 0 Å². The summed E-state index contributed by atoms with van der Waals surface area (Å²) in [4.78, 5) is 13.2. The van der Waals surface area contributed by atoms with E-state index >= 15 is 0 Å². The normalized spacial score (nSPS) is 10.3. The number of rotatable bonds is 6. The number of nitrogens with zero attached hydrogens (tertiary/aromatic N) is 1. The molecule has 0 amide bonds. The molecule has 17 heavy (non-hydrogen) atoms. The number of hydrogen-bond acceptors (Lipinski definition) is 5. The van der Waals surface area contributed by atoms with E-state index in [1.54, 1.807) is 24.3 Å². The van der Waals surface area contributed by atoms with Crippen LogP contribution >= 0.6 is 0 Å². The molecule has 0 bridgehead atoms. The van der Waals surface area contributed by atoms with Gasteiger partial charge in [0.1, 0.15) is 12.4 Å². The topological polar surface area (TPSA) is 64.8 Å². The Morgan fingerprint density at radius 2 is 2.18 bits per heavy atom. The van der Waals surface area contributed by atoms with Crippen LogP contribution < -0.4 is 10.5 Å². The van der Waals surface area contributed by atoms with E-state index in [0.29, 0.717) is 24.6 Å². The molecule has 1 aromatic rings. The minimum absolute atomic E-state index is 0.100. The molecule has 1 rings (SSSR count). The van der Waals surface area contributed by atoms with E-state index < -0.39 is 0 Å². The maximum Gasteiger partial charge on any atom is 0.344 e. The summed E-state index contributed by atoms with van der Waals surface area (Å²) in [5, 5.41) is 0. The molecule has 1 aromatic carbocycles. The monoisotopic (exact) mass is 238 g/mol. The minimum Gasteiger partial charge on any atom is -0.482 e. The second-order valence-electron chi connectivity index (χ2n) is 3.88. The molecule has 0 aliphatic heterocycles. The van der Waals surface area contributed by atoms with Crippen LogP contribution in [0.15, 0.2) is 24.3 Å². The first-order valence-corrected chi connectivity index (χ1v) is 5.36. The van der Waals surface area contributed by atoms with Gasteiger partial charge in [-0.3, -0.25) is 0 Å². The molecule has 0 aromatic heterocycles. The van der Waals surface area contributed by atoms with Crippen molar-refractivity contribution in [2.75, 3.05) is 39.6 Å². The van der Waals surface area contributed by atoms with Gasteiger partial charge in [-0.25, -0.2) is 4.79 Å². The summed E-state index contributed by atoms with van der Waals surface area (Å²) in [6.07, 6.45) is 0. The molecule has 5 heteroatoms. The second-order valence-corrected chi connectivity index (χ2v) is 3.88. The van der Waals surface area contributed by atoms with Gasteiger partial charge in [-0.2, -0.15) is 0 Å². The molecular weight excluding hydrogens is 220 g/mol. The highest BCUT2D eigenvalue weighted by Crippen LogP contribution is 2.14. The molecule has 0 heterocycles. The summed E-state index contributed by atoms with van der Waals surface area (Å²) in [6.45, 7) is 0.965. The third-order valence-corrected chi connectivity index (χ3v) is 2.02. The van der Waals surface area contributed by atoms with Gasteiger partial charge in [0.2, 0.25) is 0 Å². The molecule has 0 unspecified atom stereocenters. The first kappa shape index (κ1) is 13.3. The SMILES string of the molecule is CN(C)CCOC(=O)COc1cccc(N)c1. The lowest BCUT2D eigenvalue weighted by atomic mass is 10.3. The van der Waals surface area contributed by atoms with E-state index in [0.717, 1.165) is 0 Å². The molecule has 0 saturated carbocycles. The quantitative estimate of drug-likeness (QED) is 0.585. The Bertz CT molecular complexity index is 367. The zero-order valence-corrected chi connectivity index (χ0v) is 10.2. The summed E-state index contributed by atoms with van der Waals surface area (Å²) in [6, 6.07) is 6.92. The van der Waals surface area contributed by atoms with Crippen LogP contribution in [0.25, 0.3) is 0 Å². The number of anilines is 1. The summed E-state index contributed by atoms with van der Waals surface area (Å²) >= 11 is 0. The summed E-state index contributed by atoms with van der Waals surface area (Å²) in [5.74, 6) is 0.184. The fraction of sp³-hybridized carbons (Fsp3) is 0.417. The van der Waals surface area contributed by atoms with Crippen molar-refractivity contribution in [2.45, 2.75) is 0 Å². The number of ether oxygens (including phenoxy) is 2. The van der Waals surface area contributed by atoms with Crippen LogP contribution in [-0.2, 0) is 9.53 Å². The number of likely N-dealkylation sites (N-methyl/N-ethyl adjacent to an activating group) is 1. The lowest BCUT2D eigenvalue weighted by Crippen LogP contribution is -2.22. The Hall–Kier alpha value is -1.75. The zero-order chi connectivity index (χ0) is 12.7. The fourth-order valence-corrected chi connectivity index (χ4v) is 1.13. The number of carbonyl (C=O) groups is 1. The van der Waals surface area contributed by atoms with Crippen LogP contribution in [0.3, 0.4) is 0 Å². The fourth-order valence-electron chi connectivity index (χ4n) is 1.13. The van der Waals surface area contributed by atoms with Crippen LogP contribution in [0.5, 0.6) is 5.75 Å². The van der Waals surface area contributed by atoms with Crippen molar-refractivity contribution in [1.29, 1.82) is 0 Å². The van der Waals surface area contributed by atoms with Gasteiger partial charge in [-0.05, 0) is 26.2 Å². The average molecular weight is 238 g/mol. The maximum atomic E-state index is 11.3. The minimum atomic E-state index is -0.380. The molecule has 0 fully saturated rings. The lowest BCUT2D eigenvalue weighted by molar-refractivity contribution is -0.146. The van der Waals surface area contributed by atoms with Gasteiger partial charge in [0.25, 0.3) is 0 Å². The molecule has 0 spiro atoms. The summed E-state index contributed by atoms with van der Waals surface area (Å²) < 4.78 is 10.2. The van der Waals surface area contributed by atoms with Gasteiger partial charge < -0.3 is 20.1 Å². The number of carbonyl (C=O) groups excluding carboxylic acids is 1. The molecule has 0 atom stereocenters. The molecule has 5 nitrogen and oxygen atoms in total. The van der Waals surface area contributed by atoms with Crippen molar-refractivity contribution in [3.8, 4) is 5.75 Å². The smallest absolute Gasteiger partial charge is 0.344 e. The lowest BCUT2D eigenvalue weighted by Gasteiger charge is -2.10. The van der Waals surface area contributed by atoms with Crippen molar-refractivity contribution in [2.24, 2.45) is 0 Å². The van der Waals surface area contributed by atoms with E-state index in [1.165, 1.54) is 0 Å². The zero-order valence-electron chi connectivity index (χ0n) is 10.2. The molecule has 0 aliphatic carbocycles. The van der Waals surface area contributed by atoms with Crippen molar-refractivity contribution >= 4 is 11.7 Å². The predicted molar refractivity (Wildman–Crippen MR) is 65.9 cm³/mol. The molecular formula is C12H18N2O3. The number of benzene rings is 1. The standard InChI is InChI=1S/C12H18N2O3/c1-14(2)6-7-16-12(15)9-17-11-5-3-4-10(13)8-11/h3-5,8H,6-7,9,13H2,1-2H3. The molecule has 2 N–H and O–H groups in total. The van der Waals surface area contributed by atoms with Crippen LogP contribution in [-0.4, -0.2) is 44.7 Å². The van der Waals surface area contributed by atoms with Crippen LogP contribution in [0.2, 0.25) is 0 Å². The van der Waals surface area contributed by atoms with Gasteiger partial charge in [-0.15, -0.1) is 0 Å². The van der Waals surface area contributed by atoms with Crippen molar-refractivity contribution in [3.05, 3.63) is 24.3 Å². The van der Waals surface area contributed by atoms with Crippen LogP contribution in [0, 0.1) is 0 Å². The average Bonchev–Trinajstić information content (AvgIpc) is 2.26. The van der Waals surface area contributed by atoms with E-state index in [9.17, 15) is 4.79 Å². The van der Waals surface area contributed by atoms with E-state index in [1.807, 2.05) is 19.0 Å². The van der Waals surface area contributed by atoms with Gasteiger partial charge in [0.15, 0.2) is 6.61 Å². The van der Waals surface area contributed by atoms with Gasteiger partial charge in [0, 0.05) is 18.3 Å². The summed E-state index contributed by atoms with van der Waals surface area (Å²) in [5.41, 5.74) is 6.18. The summed E-state index contributed by atoms with van der Waals surface area (Å²) in [7, 11) is 3.83. The Kier molecular flexibility index (Phi) is 5.29. The molecule has 0 aliphatic rings.